The molecule has 0 bridgehead atoms. The largest absolute Gasteiger partial charge is 0.458 e. The molecule has 2 unspecified atom stereocenters. The van der Waals surface area contributed by atoms with Crippen molar-refractivity contribution in [2.24, 2.45) is 0 Å². The summed E-state index contributed by atoms with van der Waals surface area (Å²) in [5.74, 6) is 0.640. The Kier molecular flexibility index (Phi) is 2.87. The maximum absolute atomic E-state index is 10.1. The van der Waals surface area contributed by atoms with Crippen molar-refractivity contribution in [2.45, 2.75) is 31.5 Å². The lowest BCUT2D eigenvalue weighted by Gasteiger charge is -2.12. The molecule has 0 aliphatic carbocycles. The molecule has 1 aliphatic heterocycles. The first-order chi connectivity index (χ1) is 8.33. The Bertz CT molecular complexity index is 464. The van der Waals surface area contributed by atoms with Crippen LogP contribution < -0.4 is 0 Å². The average Bonchev–Trinajstić information content (AvgIpc) is 2.96. The predicted molar refractivity (Wildman–Crippen MR) is 64.8 cm³/mol. The summed E-state index contributed by atoms with van der Waals surface area (Å²) < 4.78 is 11.2. The maximum atomic E-state index is 10.1. The topological polar surface area (TPSA) is 42.6 Å². The lowest BCUT2D eigenvalue weighted by atomic mass is 10.1. The number of para-hydroxylation sites is 1. The fourth-order valence-corrected chi connectivity index (χ4v) is 2.36. The quantitative estimate of drug-likeness (QED) is 0.884. The van der Waals surface area contributed by atoms with Crippen LogP contribution in [-0.2, 0) is 4.74 Å². The summed E-state index contributed by atoms with van der Waals surface area (Å²) in [6.07, 6.45) is 2.37. The van der Waals surface area contributed by atoms with Crippen molar-refractivity contribution in [3.05, 3.63) is 36.1 Å². The fraction of sp³-hybridized carbons (Fsp3) is 0.429. The number of rotatable bonds is 3. The van der Waals surface area contributed by atoms with Crippen molar-refractivity contribution in [3.8, 4) is 0 Å². The number of hydrogen-bond donors (Lipinski definition) is 1. The van der Waals surface area contributed by atoms with E-state index >= 15 is 0 Å². The molecule has 1 aliphatic rings. The molecular formula is C14H16O3. The van der Waals surface area contributed by atoms with E-state index < -0.39 is 6.10 Å². The third kappa shape index (κ3) is 2.21. The molecule has 17 heavy (non-hydrogen) atoms. The van der Waals surface area contributed by atoms with E-state index in [4.69, 9.17) is 9.15 Å². The van der Waals surface area contributed by atoms with Gasteiger partial charge in [0, 0.05) is 18.4 Å². The van der Waals surface area contributed by atoms with E-state index in [-0.39, 0.29) is 6.10 Å². The summed E-state index contributed by atoms with van der Waals surface area (Å²) >= 11 is 0. The zero-order valence-corrected chi connectivity index (χ0v) is 9.63. The van der Waals surface area contributed by atoms with Gasteiger partial charge in [-0.05, 0) is 25.0 Å². The normalized spacial score (nSPS) is 22.1. The van der Waals surface area contributed by atoms with E-state index in [0.717, 1.165) is 30.4 Å². The van der Waals surface area contributed by atoms with E-state index in [0.29, 0.717) is 12.2 Å². The molecule has 1 aromatic carbocycles. The summed E-state index contributed by atoms with van der Waals surface area (Å²) in [4.78, 5) is 0. The lowest BCUT2D eigenvalue weighted by molar-refractivity contribution is 0.0454. The highest BCUT2D eigenvalue weighted by Crippen LogP contribution is 2.29. The molecule has 1 fully saturated rings. The molecule has 2 heterocycles. The summed E-state index contributed by atoms with van der Waals surface area (Å²) in [5.41, 5.74) is 0.828. The molecule has 2 atom stereocenters. The number of benzene rings is 1. The van der Waals surface area contributed by atoms with Crippen LogP contribution in [0.5, 0.6) is 0 Å². The van der Waals surface area contributed by atoms with Crippen LogP contribution in [-0.4, -0.2) is 17.8 Å². The number of fused-ring (bicyclic) bond motifs is 1. The van der Waals surface area contributed by atoms with Crippen LogP contribution in [0.1, 0.15) is 31.1 Å². The predicted octanol–water partition coefficient (Wildman–Crippen LogP) is 3.04. The van der Waals surface area contributed by atoms with E-state index in [1.54, 1.807) is 0 Å². The average molecular weight is 232 g/mol. The van der Waals surface area contributed by atoms with Gasteiger partial charge in [0.25, 0.3) is 0 Å². The monoisotopic (exact) mass is 232 g/mol. The van der Waals surface area contributed by atoms with Gasteiger partial charge in [0.05, 0.1) is 6.10 Å². The molecule has 1 N–H and O–H groups in total. The fourth-order valence-electron chi connectivity index (χ4n) is 2.36. The number of hydrogen-bond acceptors (Lipinski definition) is 3. The zero-order valence-electron chi connectivity index (χ0n) is 9.63. The van der Waals surface area contributed by atoms with Crippen molar-refractivity contribution in [2.75, 3.05) is 6.61 Å². The van der Waals surface area contributed by atoms with E-state index in [1.165, 1.54) is 0 Å². The summed E-state index contributed by atoms with van der Waals surface area (Å²) in [6.45, 7) is 0.817. The molecule has 0 saturated carbocycles. The Morgan fingerprint density at radius 3 is 3.00 bits per heavy atom. The van der Waals surface area contributed by atoms with Crippen LogP contribution in [0.25, 0.3) is 11.0 Å². The van der Waals surface area contributed by atoms with Gasteiger partial charge in [0.15, 0.2) is 0 Å². The van der Waals surface area contributed by atoms with Crippen LogP contribution in [0.2, 0.25) is 0 Å². The van der Waals surface area contributed by atoms with Crippen LogP contribution >= 0.6 is 0 Å². The Hall–Kier alpha value is -1.32. The smallest absolute Gasteiger partial charge is 0.134 e. The van der Waals surface area contributed by atoms with Gasteiger partial charge in [-0.1, -0.05) is 18.2 Å². The SMILES string of the molecule is OC(CC1CCCO1)c1cc2ccccc2o1. The van der Waals surface area contributed by atoms with E-state index in [1.807, 2.05) is 30.3 Å². The highest BCUT2D eigenvalue weighted by atomic mass is 16.5. The van der Waals surface area contributed by atoms with Crippen molar-refractivity contribution in [1.82, 2.24) is 0 Å². The van der Waals surface area contributed by atoms with Gasteiger partial charge in [-0.2, -0.15) is 0 Å². The Morgan fingerprint density at radius 1 is 1.35 bits per heavy atom. The molecule has 90 valence electrons. The maximum Gasteiger partial charge on any atom is 0.134 e. The number of aliphatic hydroxyl groups excluding tert-OH is 1. The summed E-state index contributed by atoms with van der Waals surface area (Å²) in [6, 6.07) is 9.71. The molecular weight excluding hydrogens is 216 g/mol. The van der Waals surface area contributed by atoms with Crippen LogP contribution in [0.4, 0.5) is 0 Å². The second-order valence-corrected chi connectivity index (χ2v) is 4.57. The molecule has 3 nitrogen and oxygen atoms in total. The minimum atomic E-state index is -0.564. The van der Waals surface area contributed by atoms with Crippen LogP contribution in [0.15, 0.2) is 34.7 Å². The number of furan rings is 1. The van der Waals surface area contributed by atoms with Crippen molar-refractivity contribution < 1.29 is 14.3 Å². The van der Waals surface area contributed by atoms with Crippen molar-refractivity contribution in [1.29, 1.82) is 0 Å². The minimum absolute atomic E-state index is 0.179. The van der Waals surface area contributed by atoms with Crippen LogP contribution in [0.3, 0.4) is 0 Å². The molecule has 1 saturated heterocycles. The van der Waals surface area contributed by atoms with Crippen molar-refractivity contribution >= 4 is 11.0 Å². The minimum Gasteiger partial charge on any atom is -0.458 e. The van der Waals surface area contributed by atoms with Gasteiger partial charge in [0.2, 0.25) is 0 Å². The standard InChI is InChI=1S/C14H16O3/c15-12(9-11-5-3-7-16-11)14-8-10-4-1-2-6-13(10)17-14/h1-2,4,6,8,11-12,15H,3,5,7,9H2. The second-order valence-electron chi connectivity index (χ2n) is 4.57. The summed E-state index contributed by atoms with van der Waals surface area (Å²) in [7, 11) is 0. The van der Waals surface area contributed by atoms with Crippen molar-refractivity contribution in [3.63, 3.8) is 0 Å². The Balaban J connectivity index is 1.77. The third-order valence-electron chi connectivity index (χ3n) is 3.28. The third-order valence-corrected chi connectivity index (χ3v) is 3.28. The molecule has 0 amide bonds. The Morgan fingerprint density at radius 2 is 2.24 bits per heavy atom. The van der Waals surface area contributed by atoms with Gasteiger partial charge >= 0.3 is 0 Å². The molecule has 3 rings (SSSR count). The van der Waals surface area contributed by atoms with Gasteiger partial charge < -0.3 is 14.3 Å². The van der Waals surface area contributed by atoms with Gasteiger partial charge in [-0.15, -0.1) is 0 Å². The number of aliphatic hydroxyl groups is 1. The van der Waals surface area contributed by atoms with E-state index in [9.17, 15) is 5.11 Å². The summed E-state index contributed by atoms with van der Waals surface area (Å²) in [5, 5.41) is 11.1. The first kappa shape index (κ1) is 10.8. The zero-order chi connectivity index (χ0) is 11.7. The molecule has 0 radical (unpaired) electrons. The highest BCUT2D eigenvalue weighted by molar-refractivity contribution is 5.77. The highest BCUT2D eigenvalue weighted by Gasteiger charge is 2.22. The number of ether oxygens (including phenoxy) is 1. The lowest BCUT2D eigenvalue weighted by Crippen LogP contribution is -2.10. The Labute approximate surface area is 100.0 Å². The van der Waals surface area contributed by atoms with Gasteiger partial charge in [-0.3, -0.25) is 0 Å². The first-order valence-electron chi connectivity index (χ1n) is 6.11. The van der Waals surface area contributed by atoms with Gasteiger partial charge in [-0.25, -0.2) is 0 Å². The molecule has 2 aromatic rings. The molecule has 1 aromatic heterocycles. The molecule has 0 spiro atoms. The van der Waals surface area contributed by atoms with Gasteiger partial charge in [0.1, 0.15) is 17.4 Å². The van der Waals surface area contributed by atoms with E-state index in [2.05, 4.69) is 0 Å². The molecule has 3 heteroatoms. The first-order valence-corrected chi connectivity index (χ1v) is 6.11. The second kappa shape index (κ2) is 4.51. The van der Waals surface area contributed by atoms with Crippen LogP contribution in [0, 0.1) is 0 Å².